The topological polar surface area (TPSA) is 77.3 Å². The van der Waals surface area contributed by atoms with E-state index >= 15 is 0 Å². The second-order valence-electron chi connectivity index (χ2n) is 25.0. The minimum absolute atomic E-state index is 0.0524. The van der Waals surface area contributed by atoms with Gasteiger partial charge in [-0.3, -0.25) is 0 Å². The van der Waals surface area contributed by atoms with E-state index in [0.29, 0.717) is 34.9 Å². The average molecular weight is 1200 g/mol. The van der Waals surface area contributed by atoms with Crippen LogP contribution in [0.5, 0.6) is 0 Å². The lowest BCUT2D eigenvalue weighted by molar-refractivity contribution is 0.754. The van der Waals surface area contributed by atoms with Gasteiger partial charge in [0.25, 0.3) is 0 Å². The Morgan fingerprint density at radius 3 is 0.840 bits per heavy atom. The lowest BCUT2D eigenvalue weighted by Crippen LogP contribution is -2.28. The Labute approximate surface area is 545 Å². The Morgan fingerprint density at radius 2 is 0.468 bits per heavy atom. The maximum Gasteiger partial charge on any atom is 0.164 e. The largest absolute Gasteiger partial charge is 0.208 e. The molecule has 6 nitrogen and oxygen atoms in total. The normalized spacial score (nSPS) is 15.2. The van der Waals surface area contributed by atoms with Gasteiger partial charge in [-0.15, -0.1) is 0 Å². The summed E-state index contributed by atoms with van der Waals surface area (Å²) in [5.41, 5.74) is 26.4. The van der Waals surface area contributed by atoms with Crippen molar-refractivity contribution in [1.29, 1.82) is 0 Å². The van der Waals surface area contributed by atoms with E-state index < -0.39 is 10.8 Å². The maximum atomic E-state index is 5.57. The van der Waals surface area contributed by atoms with Crippen molar-refractivity contribution in [3.8, 4) is 90.6 Å². The molecule has 0 fully saturated rings. The quantitative estimate of drug-likeness (QED) is 0.136. The Bertz CT molecular complexity index is 5080. The molecular weight excluding hydrogens is 1140 g/mol. The first-order valence-corrected chi connectivity index (χ1v) is 32.3. The zero-order valence-electron chi connectivity index (χ0n) is 51.0. The van der Waals surface area contributed by atoms with E-state index in [4.69, 9.17) is 29.9 Å². The third kappa shape index (κ3) is 7.90. The predicted molar refractivity (Wildman–Crippen MR) is 375 cm³/mol. The highest BCUT2D eigenvalue weighted by Crippen LogP contribution is 2.61. The molecule has 2 atom stereocenters. The molecule has 2 aromatic heterocycles. The lowest BCUT2D eigenvalue weighted by Gasteiger charge is -2.42. The van der Waals surface area contributed by atoms with Crippen LogP contribution in [-0.2, 0) is 10.8 Å². The van der Waals surface area contributed by atoms with E-state index in [-0.39, 0.29) is 11.8 Å². The van der Waals surface area contributed by atoms with E-state index in [9.17, 15) is 0 Å². The average Bonchev–Trinajstić information content (AvgIpc) is 1.58. The van der Waals surface area contributed by atoms with Gasteiger partial charge in [-0.1, -0.05) is 315 Å². The van der Waals surface area contributed by atoms with Gasteiger partial charge in [-0.25, -0.2) is 29.9 Å². The Hall–Kier alpha value is -12.1. The maximum absolute atomic E-state index is 5.57. The van der Waals surface area contributed by atoms with Crippen molar-refractivity contribution in [2.75, 3.05) is 0 Å². The Balaban J connectivity index is 0.755. The number of hydrogen-bond acceptors (Lipinski definition) is 6. The predicted octanol–water partition coefficient (Wildman–Crippen LogP) is 19.8. The highest BCUT2D eigenvalue weighted by molar-refractivity contribution is 5.96. The van der Waals surface area contributed by atoms with Gasteiger partial charge >= 0.3 is 0 Å². The van der Waals surface area contributed by atoms with Crippen LogP contribution in [0.2, 0.25) is 0 Å². The number of fused-ring (bicyclic) bond motifs is 6. The molecule has 2 bridgehead atoms. The van der Waals surface area contributed by atoms with Gasteiger partial charge in [0.2, 0.25) is 0 Å². The number of rotatable bonds is 10. The molecule has 438 valence electrons. The summed E-state index contributed by atoms with van der Waals surface area (Å²) >= 11 is 0. The van der Waals surface area contributed by atoms with E-state index in [2.05, 4.69) is 315 Å². The summed E-state index contributed by atoms with van der Waals surface area (Å²) < 4.78 is 0. The molecule has 2 unspecified atom stereocenters. The summed E-state index contributed by atoms with van der Waals surface area (Å²) in [6.07, 6.45) is 0. The van der Waals surface area contributed by atoms with Crippen LogP contribution in [-0.4, -0.2) is 29.9 Å². The molecule has 15 aromatic rings. The van der Waals surface area contributed by atoms with Crippen molar-refractivity contribution in [3.05, 3.63) is 405 Å². The number of nitrogens with zero attached hydrogens (tertiary/aromatic N) is 6. The summed E-state index contributed by atoms with van der Waals surface area (Å²) in [4.78, 5) is 32.8. The molecule has 5 aliphatic rings. The zero-order chi connectivity index (χ0) is 61.9. The lowest BCUT2D eigenvalue weighted by atomic mass is 9.61. The van der Waals surface area contributed by atoms with Crippen LogP contribution in [0.25, 0.3) is 90.6 Å². The van der Waals surface area contributed by atoms with E-state index in [1.807, 2.05) is 12.1 Å². The molecule has 0 radical (unpaired) electrons. The van der Waals surface area contributed by atoms with Crippen LogP contribution in [0.4, 0.5) is 0 Å². The minimum Gasteiger partial charge on any atom is -0.208 e. The molecule has 0 amide bonds. The Morgan fingerprint density at radius 1 is 0.191 bits per heavy atom. The molecule has 13 aromatic carbocycles. The second-order valence-corrected chi connectivity index (χ2v) is 25.0. The molecule has 2 heterocycles. The molecule has 0 aliphatic heterocycles. The molecule has 94 heavy (non-hydrogen) atoms. The highest BCUT2D eigenvalue weighted by Gasteiger charge is 2.49. The van der Waals surface area contributed by atoms with Gasteiger partial charge in [0.1, 0.15) is 0 Å². The van der Waals surface area contributed by atoms with Crippen molar-refractivity contribution in [2.45, 2.75) is 22.7 Å². The zero-order valence-corrected chi connectivity index (χ0v) is 51.0. The number of benzene rings is 13. The molecular formula is C88H56N6. The molecule has 6 heteroatoms. The fourth-order valence-electron chi connectivity index (χ4n) is 16.5. The third-order valence-corrected chi connectivity index (χ3v) is 20.3. The van der Waals surface area contributed by atoms with Crippen molar-refractivity contribution < 1.29 is 0 Å². The fraction of sp³-hybridized carbons (Fsp3) is 0.0455. The van der Waals surface area contributed by atoms with Gasteiger partial charge in [0.05, 0.1) is 10.8 Å². The van der Waals surface area contributed by atoms with Crippen molar-refractivity contribution in [1.82, 2.24) is 29.9 Å². The van der Waals surface area contributed by atoms with Crippen LogP contribution in [0.15, 0.2) is 328 Å². The first-order chi connectivity index (χ1) is 46.6. The Kier molecular flexibility index (Phi) is 12.1. The molecule has 0 saturated heterocycles. The number of hydrogen-bond donors (Lipinski definition) is 0. The third-order valence-electron chi connectivity index (χ3n) is 20.3. The highest BCUT2D eigenvalue weighted by atomic mass is 15.0. The summed E-state index contributed by atoms with van der Waals surface area (Å²) in [5.74, 6) is 3.63. The molecule has 0 saturated carbocycles. The van der Waals surface area contributed by atoms with Crippen LogP contribution in [0, 0.1) is 0 Å². The van der Waals surface area contributed by atoms with Crippen LogP contribution in [0.1, 0.15) is 89.7 Å². The van der Waals surface area contributed by atoms with Gasteiger partial charge in [0.15, 0.2) is 34.9 Å². The summed E-state index contributed by atoms with van der Waals surface area (Å²) in [7, 11) is 0. The van der Waals surface area contributed by atoms with E-state index in [1.165, 1.54) is 89.0 Å². The first-order valence-electron chi connectivity index (χ1n) is 32.3. The van der Waals surface area contributed by atoms with E-state index in [0.717, 1.165) is 44.5 Å². The SMILES string of the molecule is c1ccc(-c2nc(-c3ccc4c(c3)C3c5ccccc5C4c4cc(-c5nc(-c6ccccc6)nc(-c6cccc7c6-c6ccccc6C7(c6ccccc6)c6ccccc6)n5)ccc43)nc(-c3cccc4c3-c3ccccc3C4(c3ccccc3)c3ccccc3)n2)cc1. The molecule has 0 spiro atoms. The molecule has 5 aliphatic carbocycles. The molecule has 0 N–H and O–H groups in total. The van der Waals surface area contributed by atoms with E-state index in [1.54, 1.807) is 0 Å². The summed E-state index contributed by atoms with van der Waals surface area (Å²) in [5, 5.41) is 0. The van der Waals surface area contributed by atoms with Crippen molar-refractivity contribution in [2.24, 2.45) is 0 Å². The van der Waals surface area contributed by atoms with Crippen LogP contribution < -0.4 is 0 Å². The van der Waals surface area contributed by atoms with Gasteiger partial charge in [0, 0.05) is 45.2 Å². The van der Waals surface area contributed by atoms with Gasteiger partial charge < -0.3 is 0 Å². The minimum atomic E-state index is -0.580. The summed E-state index contributed by atoms with van der Waals surface area (Å²) in [6.45, 7) is 0. The fourth-order valence-corrected chi connectivity index (χ4v) is 16.5. The summed E-state index contributed by atoms with van der Waals surface area (Å²) in [6, 6.07) is 118. The van der Waals surface area contributed by atoms with Crippen molar-refractivity contribution in [3.63, 3.8) is 0 Å². The van der Waals surface area contributed by atoms with Crippen molar-refractivity contribution >= 4 is 0 Å². The number of aromatic nitrogens is 6. The van der Waals surface area contributed by atoms with Crippen LogP contribution >= 0.6 is 0 Å². The van der Waals surface area contributed by atoms with Crippen LogP contribution in [0.3, 0.4) is 0 Å². The van der Waals surface area contributed by atoms with Gasteiger partial charge in [-0.05, 0) is 112 Å². The standard InChI is InChI=1S/C88H56N6/c1-7-27-55(28-8-1)81-89-83(93-85(91-81)69-43-25-47-75-79(69)67-41-21-23-45-73(67)87(75,59-31-11-3-12-32-59)60-33-13-4-14-34-60)57-49-51-65-71(53-57)77-63-39-19-20-40-64(63)78(65)72-54-58(50-52-66(72)77)84-90-82(56-29-9-2-10-30-56)92-86(94-84)70-44-26-48-76-80(70)68-42-22-24-46-74(68)88(76,61-35-15-5-16-36-61)62-37-17-6-18-38-62/h1-54,77-78H. The molecule has 20 rings (SSSR count). The first kappa shape index (κ1) is 53.7. The smallest absolute Gasteiger partial charge is 0.164 e. The second kappa shape index (κ2) is 21.2. The monoisotopic (exact) mass is 1200 g/mol. The van der Waals surface area contributed by atoms with Gasteiger partial charge in [-0.2, -0.15) is 0 Å².